The molecule has 1 aliphatic rings. The van der Waals surface area contributed by atoms with Crippen LogP contribution in [0.5, 0.6) is 11.8 Å². The second kappa shape index (κ2) is 6.55. The summed E-state index contributed by atoms with van der Waals surface area (Å²) in [6.45, 7) is 2.44. The lowest BCUT2D eigenvalue weighted by Crippen LogP contribution is -2.21. The molecule has 1 aromatic carbocycles. The molecular weight excluding hydrogens is 323 g/mol. The SMILES string of the molecule is CCOc1cc(Cl)c2nc(OC3CCCCC3)n(C)c2c1Cl. The average Bonchev–Trinajstić information content (AvgIpc) is 2.84. The van der Waals surface area contributed by atoms with Crippen LogP contribution in [0.15, 0.2) is 6.07 Å². The van der Waals surface area contributed by atoms with Crippen molar-refractivity contribution in [2.45, 2.75) is 45.1 Å². The second-order valence-corrected chi connectivity index (χ2v) is 6.42. The highest BCUT2D eigenvalue weighted by atomic mass is 35.5. The van der Waals surface area contributed by atoms with E-state index in [1.807, 2.05) is 18.5 Å². The van der Waals surface area contributed by atoms with E-state index in [9.17, 15) is 0 Å². The van der Waals surface area contributed by atoms with Gasteiger partial charge in [0.1, 0.15) is 22.4 Å². The van der Waals surface area contributed by atoms with Crippen LogP contribution in [0.4, 0.5) is 0 Å². The third kappa shape index (κ3) is 2.86. The maximum atomic E-state index is 6.45. The van der Waals surface area contributed by atoms with E-state index in [0.29, 0.717) is 33.9 Å². The summed E-state index contributed by atoms with van der Waals surface area (Å²) < 4.78 is 13.5. The Morgan fingerprint density at radius 1 is 1.27 bits per heavy atom. The predicted octanol–water partition coefficient (Wildman–Crippen LogP) is 4.99. The molecule has 0 bridgehead atoms. The van der Waals surface area contributed by atoms with Crippen LogP contribution in [0.25, 0.3) is 11.0 Å². The van der Waals surface area contributed by atoms with Crippen LogP contribution in [0, 0.1) is 0 Å². The summed E-state index contributed by atoms with van der Waals surface area (Å²) in [4.78, 5) is 4.54. The molecule has 6 heteroatoms. The summed E-state index contributed by atoms with van der Waals surface area (Å²) >= 11 is 12.8. The number of halogens is 2. The molecule has 0 unspecified atom stereocenters. The van der Waals surface area contributed by atoms with Crippen molar-refractivity contribution in [2.75, 3.05) is 6.61 Å². The first-order valence-corrected chi connectivity index (χ1v) is 8.51. The first-order chi connectivity index (χ1) is 10.6. The van der Waals surface area contributed by atoms with Gasteiger partial charge in [0, 0.05) is 13.1 Å². The largest absolute Gasteiger partial charge is 0.492 e. The van der Waals surface area contributed by atoms with Gasteiger partial charge in [0.05, 0.1) is 17.1 Å². The fraction of sp³-hybridized carbons (Fsp3) is 0.562. The maximum Gasteiger partial charge on any atom is 0.297 e. The minimum atomic E-state index is 0.230. The zero-order valence-corrected chi connectivity index (χ0v) is 14.4. The van der Waals surface area contributed by atoms with Gasteiger partial charge in [-0.3, -0.25) is 4.57 Å². The van der Waals surface area contributed by atoms with Crippen LogP contribution in [-0.4, -0.2) is 22.3 Å². The number of rotatable bonds is 4. The highest BCUT2D eigenvalue weighted by molar-refractivity contribution is 6.40. The van der Waals surface area contributed by atoms with Gasteiger partial charge in [0.15, 0.2) is 0 Å². The van der Waals surface area contributed by atoms with Gasteiger partial charge in [-0.15, -0.1) is 0 Å². The second-order valence-electron chi connectivity index (χ2n) is 5.63. The number of nitrogens with zero attached hydrogens (tertiary/aromatic N) is 2. The number of fused-ring (bicyclic) bond motifs is 1. The van der Waals surface area contributed by atoms with Gasteiger partial charge in [-0.05, 0) is 32.6 Å². The Kier molecular flexibility index (Phi) is 4.69. The molecule has 4 nitrogen and oxygen atoms in total. The number of hydrogen-bond donors (Lipinski definition) is 0. The van der Waals surface area contributed by atoms with Crippen molar-refractivity contribution in [1.82, 2.24) is 9.55 Å². The normalized spacial score (nSPS) is 16.2. The van der Waals surface area contributed by atoms with Gasteiger partial charge < -0.3 is 9.47 Å². The number of benzene rings is 1. The molecule has 0 saturated heterocycles. The summed E-state index contributed by atoms with van der Waals surface area (Å²) in [6.07, 6.45) is 6.10. The number of hydrogen-bond acceptors (Lipinski definition) is 3. The lowest BCUT2D eigenvalue weighted by molar-refractivity contribution is 0.138. The van der Waals surface area contributed by atoms with Gasteiger partial charge in [-0.1, -0.05) is 29.6 Å². The van der Waals surface area contributed by atoms with Crippen molar-refractivity contribution in [2.24, 2.45) is 7.05 Å². The van der Waals surface area contributed by atoms with E-state index in [1.54, 1.807) is 6.07 Å². The van der Waals surface area contributed by atoms with E-state index in [4.69, 9.17) is 32.7 Å². The Bertz CT molecular complexity index is 679. The quantitative estimate of drug-likeness (QED) is 0.785. The smallest absolute Gasteiger partial charge is 0.297 e. The Balaban J connectivity index is 2.00. The molecule has 3 rings (SSSR count). The lowest BCUT2D eigenvalue weighted by atomic mass is 9.98. The zero-order chi connectivity index (χ0) is 15.7. The van der Waals surface area contributed by atoms with Crippen LogP contribution in [0.3, 0.4) is 0 Å². The summed E-state index contributed by atoms with van der Waals surface area (Å²) in [5.74, 6) is 0.578. The summed E-state index contributed by atoms with van der Waals surface area (Å²) in [5.41, 5.74) is 1.41. The fourth-order valence-corrected chi connectivity index (χ4v) is 3.51. The topological polar surface area (TPSA) is 36.3 Å². The van der Waals surface area contributed by atoms with Gasteiger partial charge in [0.25, 0.3) is 6.01 Å². The van der Waals surface area contributed by atoms with Gasteiger partial charge in [0.2, 0.25) is 0 Å². The van der Waals surface area contributed by atoms with E-state index >= 15 is 0 Å². The Morgan fingerprint density at radius 3 is 2.68 bits per heavy atom. The Labute approximate surface area is 140 Å². The van der Waals surface area contributed by atoms with Gasteiger partial charge >= 0.3 is 0 Å². The van der Waals surface area contributed by atoms with Crippen molar-refractivity contribution in [3.8, 4) is 11.8 Å². The molecule has 0 atom stereocenters. The molecule has 1 aromatic heterocycles. The molecule has 0 spiro atoms. The number of aryl methyl sites for hydroxylation is 1. The molecule has 120 valence electrons. The summed E-state index contributed by atoms with van der Waals surface area (Å²) in [7, 11) is 1.89. The minimum absolute atomic E-state index is 0.230. The molecule has 1 heterocycles. The van der Waals surface area contributed by atoms with Gasteiger partial charge in [-0.25, -0.2) is 0 Å². The molecule has 1 saturated carbocycles. The van der Waals surface area contributed by atoms with E-state index in [-0.39, 0.29) is 6.10 Å². The van der Waals surface area contributed by atoms with E-state index in [1.165, 1.54) is 19.3 Å². The first kappa shape index (κ1) is 15.8. The van der Waals surface area contributed by atoms with Crippen molar-refractivity contribution < 1.29 is 9.47 Å². The lowest BCUT2D eigenvalue weighted by Gasteiger charge is -2.22. The van der Waals surface area contributed by atoms with Crippen molar-refractivity contribution in [3.63, 3.8) is 0 Å². The maximum absolute atomic E-state index is 6.45. The molecule has 0 radical (unpaired) electrons. The third-order valence-corrected chi connectivity index (χ3v) is 4.74. The highest BCUT2D eigenvalue weighted by Gasteiger charge is 2.22. The zero-order valence-electron chi connectivity index (χ0n) is 12.9. The average molecular weight is 343 g/mol. The molecule has 1 fully saturated rings. The van der Waals surface area contributed by atoms with E-state index < -0.39 is 0 Å². The standard InChI is InChI=1S/C16H20Cl2N2O2/c1-3-21-12-9-11(17)14-15(13(12)18)20(2)16(19-14)22-10-7-5-4-6-8-10/h9-10H,3-8H2,1-2H3. The number of aromatic nitrogens is 2. The van der Waals surface area contributed by atoms with Crippen LogP contribution in [0.2, 0.25) is 10.0 Å². The molecule has 0 N–H and O–H groups in total. The molecular formula is C16H20Cl2N2O2. The molecule has 2 aromatic rings. The summed E-state index contributed by atoms with van der Waals surface area (Å²) in [6, 6.07) is 2.28. The van der Waals surface area contributed by atoms with Gasteiger partial charge in [-0.2, -0.15) is 4.98 Å². The van der Waals surface area contributed by atoms with Crippen LogP contribution < -0.4 is 9.47 Å². The van der Waals surface area contributed by atoms with Crippen LogP contribution in [0.1, 0.15) is 39.0 Å². The first-order valence-electron chi connectivity index (χ1n) is 7.75. The highest BCUT2D eigenvalue weighted by Crippen LogP contribution is 2.39. The molecule has 0 aliphatic heterocycles. The minimum Gasteiger partial charge on any atom is -0.492 e. The van der Waals surface area contributed by atoms with Crippen LogP contribution in [-0.2, 0) is 7.05 Å². The predicted molar refractivity (Wildman–Crippen MR) is 89.4 cm³/mol. The molecule has 22 heavy (non-hydrogen) atoms. The van der Waals surface area contributed by atoms with Crippen molar-refractivity contribution in [1.29, 1.82) is 0 Å². The monoisotopic (exact) mass is 342 g/mol. The van der Waals surface area contributed by atoms with Crippen molar-refractivity contribution >= 4 is 34.2 Å². The summed E-state index contributed by atoms with van der Waals surface area (Å²) in [5, 5.41) is 1.05. The Morgan fingerprint density at radius 2 is 2.00 bits per heavy atom. The van der Waals surface area contributed by atoms with Crippen LogP contribution >= 0.6 is 23.2 Å². The molecule has 0 amide bonds. The van der Waals surface area contributed by atoms with E-state index in [0.717, 1.165) is 18.4 Å². The van der Waals surface area contributed by atoms with Crippen molar-refractivity contribution in [3.05, 3.63) is 16.1 Å². The third-order valence-electron chi connectivity index (χ3n) is 4.09. The fourth-order valence-electron chi connectivity index (χ4n) is 2.96. The number of imidazole rings is 1. The number of ether oxygens (including phenoxy) is 2. The molecule has 1 aliphatic carbocycles. The van der Waals surface area contributed by atoms with E-state index in [2.05, 4.69) is 4.98 Å². The Hall–Kier alpha value is -1.13.